The van der Waals surface area contributed by atoms with Crippen LogP contribution in [0.15, 0.2) is 47.4 Å². The van der Waals surface area contributed by atoms with Gasteiger partial charge in [-0.15, -0.1) is 23.1 Å². The first-order chi connectivity index (χ1) is 20.4. The summed E-state index contributed by atoms with van der Waals surface area (Å²) < 4.78 is 16.0. The molecular formula is C32H38N2O6S2. The number of thioether (sulfide) groups is 1. The maximum Gasteiger partial charge on any atom is 0.341 e. The number of hydrogen-bond donors (Lipinski definition) is 2. The number of anilines is 2. The topological polar surface area (TPSA) is 103 Å². The average molecular weight is 611 g/mol. The van der Waals surface area contributed by atoms with E-state index in [1.54, 1.807) is 38.3 Å². The van der Waals surface area contributed by atoms with E-state index in [1.165, 1.54) is 41.5 Å². The largest absolute Gasteiger partial charge is 0.493 e. The molecule has 0 fully saturated rings. The maximum atomic E-state index is 13.5. The lowest BCUT2D eigenvalue weighted by molar-refractivity contribution is -0.115. The summed E-state index contributed by atoms with van der Waals surface area (Å²) in [5.41, 5.74) is 2.59. The molecule has 1 aliphatic carbocycles. The second kappa shape index (κ2) is 15.1. The van der Waals surface area contributed by atoms with Crippen molar-refractivity contribution in [3.05, 3.63) is 64.0 Å². The van der Waals surface area contributed by atoms with Crippen LogP contribution in [0.3, 0.4) is 0 Å². The van der Waals surface area contributed by atoms with E-state index in [0.717, 1.165) is 42.6 Å². The van der Waals surface area contributed by atoms with Crippen molar-refractivity contribution in [1.82, 2.24) is 0 Å². The lowest BCUT2D eigenvalue weighted by Gasteiger charge is -2.16. The minimum absolute atomic E-state index is 0.165. The molecule has 4 rings (SSSR count). The summed E-state index contributed by atoms with van der Waals surface area (Å²) in [4.78, 5) is 41.4. The number of hydrogen-bond acceptors (Lipinski definition) is 8. The van der Waals surface area contributed by atoms with Crippen LogP contribution in [0.1, 0.15) is 77.1 Å². The van der Waals surface area contributed by atoms with Gasteiger partial charge >= 0.3 is 5.97 Å². The molecule has 0 aliphatic heterocycles. The van der Waals surface area contributed by atoms with Gasteiger partial charge in [0, 0.05) is 21.0 Å². The van der Waals surface area contributed by atoms with E-state index in [-0.39, 0.29) is 24.4 Å². The lowest BCUT2D eigenvalue weighted by Crippen LogP contribution is -2.25. The second-order valence-corrected chi connectivity index (χ2v) is 12.3. The Morgan fingerprint density at radius 2 is 1.69 bits per heavy atom. The van der Waals surface area contributed by atoms with Gasteiger partial charge in [-0.2, -0.15) is 0 Å². The highest BCUT2D eigenvalue weighted by Gasteiger charge is 2.28. The van der Waals surface area contributed by atoms with E-state index < -0.39 is 5.25 Å². The van der Waals surface area contributed by atoms with Gasteiger partial charge in [-0.05, 0) is 81.0 Å². The number of methoxy groups -OCH3 is 2. The molecule has 0 saturated carbocycles. The second-order valence-electron chi connectivity index (χ2n) is 9.90. The van der Waals surface area contributed by atoms with Gasteiger partial charge in [-0.25, -0.2) is 4.79 Å². The summed E-state index contributed by atoms with van der Waals surface area (Å²) in [6.45, 7) is 4.03. The molecule has 2 N–H and O–H groups in total. The Hall–Kier alpha value is -3.50. The number of ether oxygens (including phenoxy) is 3. The van der Waals surface area contributed by atoms with Gasteiger partial charge in [-0.3, -0.25) is 9.59 Å². The third-order valence-electron chi connectivity index (χ3n) is 7.07. The van der Waals surface area contributed by atoms with E-state index in [9.17, 15) is 14.4 Å². The van der Waals surface area contributed by atoms with Gasteiger partial charge < -0.3 is 24.8 Å². The molecule has 2 aromatic carbocycles. The van der Waals surface area contributed by atoms with E-state index in [0.29, 0.717) is 39.7 Å². The van der Waals surface area contributed by atoms with Crippen molar-refractivity contribution in [2.24, 2.45) is 0 Å². The fourth-order valence-corrected chi connectivity index (χ4v) is 7.23. The summed E-state index contributed by atoms with van der Waals surface area (Å²) in [5, 5.41) is 6.17. The number of fused-ring (bicyclic) bond motifs is 1. The Kier molecular flexibility index (Phi) is 11.3. The standard InChI is InChI=1S/C32H38N2O6S2/c1-5-26(30(36)34-31-28(32(37)40-6-2)23-14-9-7-8-10-15-27(23)42-31)41-22-13-11-12-21(19-22)33-29(35)20-16-17-24(38-3)25(18-20)39-4/h11-13,16-19,26H,5-10,14-15H2,1-4H3,(H,33,35)(H,34,36). The third kappa shape index (κ3) is 7.66. The number of carbonyl (C=O) groups is 3. The Morgan fingerprint density at radius 3 is 2.40 bits per heavy atom. The quantitative estimate of drug-likeness (QED) is 0.173. The Balaban J connectivity index is 1.48. The minimum atomic E-state index is -0.401. The van der Waals surface area contributed by atoms with Crippen molar-refractivity contribution < 1.29 is 28.6 Å². The predicted molar refractivity (Wildman–Crippen MR) is 169 cm³/mol. The monoisotopic (exact) mass is 610 g/mol. The van der Waals surface area contributed by atoms with Crippen LogP contribution < -0.4 is 20.1 Å². The molecule has 0 saturated heterocycles. The summed E-state index contributed by atoms with van der Waals surface area (Å²) >= 11 is 2.93. The maximum absolute atomic E-state index is 13.5. The highest BCUT2D eigenvalue weighted by atomic mass is 32.2. The first kappa shape index (κ1) is 31.4. The summed E-state index contributed by atoms with van der Waals surface area (Å²) in [5.74, 6) is 0.184. The highest BCUT2D eigenvalue weighted by molar-refractivity contribution is 8.00. The normalized spacial score (nSPS) is 13.6. The van der Waals surface area contributed by atoms with Gasteiger partial charge in [0.15, 0.2) is 11.5 Å². The molecule has 10 heteroatoms. The van der Waals surface area contributed by atoms with Gasteiger partial charge in [0.2, 0.25) is 5.91 Å². The summed E-state index contributed by atoms with van der Waals surface area (Å²) in [6.07, 6.45) is 6.74. The molecule has 1 heterocycles. The van der Waals surface area contributed by atoms with Crippen molar-refractivity contribution >= 4 is 51.6 Å². The number of benzene rings is 2. The molecule has 1 unspecified atom stereocenters. The minimum Gasteiger partial charge on any atom is -0.493 e. The Bertz CT molecular complexity index is 1420. The molecule has 0 bridgehead atoms. The number of esters is 1. The van der Waals surface area contributed by atoms with Crippen molar-refractivity contribution in [2.75, 3.05) is 31.5 Å². The van der Waals surface area contributed by atoms with Gasteiger partial charge in [0.25, 0.3) is 5.91 Å². The zero-order chi connectivity index (χ0) is 30.1. The Labute approximate surface area is 255 Å². The van der Waals surface area contributed by atoms with E-state index in [2.05, 4.69) is 10.6 Å². The van der Waals surface area contributed by atoms with Gasteiger partial charge in [-0.1, -0.05) is 25.8 Å². The number of rotatable bonds is 11. The van der Waals surface area contributed by atoms with Gasteiger partial charge in [0.1, 0.15) is 5.00 Å². The van der Waals surface area contributed by atoms with Crippen LogP contribution in [0.5, 0.6) is 11.5 Å². The Morgan fingerprint density at radius 1 is 0.929 bits per heavy atom. The summed E-state index contributed by atoms with van der Waals surface area (Å²) in [6, 6.07) is 12.4. The van der Waals surface area contributed by atoms with Crippen LogP contribution in [0.4, 0.5) is 10.7 Å². The van der Waals surface area contributed by atoms with Crippen LogP contribution in [-0.4, -0.2) is 43.9 Å². The first-order valence-corrected chi connectivity index (χ1v) is 16.0. The van der Waals surface area contributed by atoms with Crippen LogP contribution in [0, 0.1) is 0 Å². The number of aryl methyl sites for hydroxylation is 1. The molecular weight excluding hydrogens is 572 g/mol. The lowest BCUT2D eigenvalue weighted by atomic mass is 9.96. The van der Waals surface area contributed by atoms with Crippen molar-refractivity contribution in [2.45, 2.75) is 68.9 Å². The number of thiophene rings is 1. The van der Waals surface area contributed by atoms with Crippen LogP contribution in [0.25, 0.3) is 0 Å². The zero-order valence-electron chi connectivity index (χ0n) is 24.5. The molecule has 3 aromatic rings. The third-order valence-corrected chi connectivity index (χ3v) is 9.63. The number of nitrogens with one attached hydrogen (secondary N) is 2. The van der Waals surface area contributed by atoms with Crippen molar-refractivity contribution in [3.8, 4) is 11.5 Å². The summed E-state index contributed by atoms with van der Waals surface area (Å²) in [7, 11) is 3.06. The molecule has 224 valence electrons. The van der Waals surface area contributed by atoms with Crippen LogP contribution in [0.2, 0.25) is 0 Å². The predicted octanol–water partition coefficient (Wildman–Crippen LogP) is 7.36. The molecule has 42 heavy (non-hydrogen) atoms. The molecule has 1 aliphatic rings. The SMILES string of the molecule is CCOC(=O)c1c(NC(=O)C(CC)Sc2cccc(NC(=O)c3ccc(OC)c(OC)c3)c2)sc2c1CCCCCC2. The van der Waals surface area contributed by atoms with Crippen LogP contribution in [-0.2, 0) is 22.4 Å². The first-order valence-electron chi connectivity index (χ1n) is 14.3. The number of amides is 2. The van der Waals surface area contributed by atoms with E-state index >= 15 is 0 Å². The van der Waals surface area contributed by atoms with Crippen LogP contribution >= 0.6 is 23.1 Å². The highest BCUT2D eigenvalue weighted by Crippen LogP contribution is 2.38. The molecule has 0 spiro atoms. The van der Waals surface area contributed by atoms with Crippen molar-refractivity contribution in [3.63, 3.8) is 0 Å². The molecule has 2 amide bonds. The zero-order valence-corrected chi connectivity index (χ0v) is 26.2. The number of carbonyl (C=O) groups excluding carboxylic acids is 3. The van der Waals surface area contributed by atoms with Gasteiger partial charge in [0.05, 0.1) is 31.6 Å². The van der Waals surface area contributed by atoms with Crippen molar-refractivity contribution in [1.29, 1.82) is 0 Å². The smallest absolute Gasteiger partial charge is 0.341 e. The van der Waals surface area contributed by atoms with E-state index in [1.807, 2.05) is 25.1 Å². The average Bonchev–Trinajstić information content (AvgIpc) is 3.31. The molecule has 1 atom stereocenters. The molecule has 0 radical (unpaired) electrons. The fraction of sp³-hybridized carbons (Fsp3) is 0.406. The fourth-order valence-electron chi connectivity index (χ4n) is 4.93. The molecule has 1 aromatic heterocycles. The molecule has 8 nitrogen and oxygen atoms in total. The van der Waals surface area contributed by atoms with E-state index in [4.69, 9.17) is 14.2 Å².